The van der Waals surface area contributed by atoms with Crippen LogP contribution < -0.4 is 20.5 Å². The number of likely N-dealkylation sites (tertiary alicyclic amines) is 2. The number of hydrogen-bond donors (Lipinski definition) is 5. The number of carboxylic acid groups (broad SMARTS) is 1. The van der Waals surface area contributed by atoms with Gasteiger partial charge in [0.15, 0.2) is 11.4 Å². The quantitative estimate of drug-likeness (QED) is 0.0581. The highest BCUT2D eigenvalue weighted by molar-refractivity contribution is 6.45. The zero-order valence-corrected chi connectivity index (χ0v) is 44.3. The number of fused-ring (bicyclic) bond motifs is 2. The fourth-order valence-corrected chi connectivity index (χ4v) is 10.1. The molecule has 0 spiro atoms. The first-order chi connectivity index (χ1) is 38.4. The van der Waals surface area contributed by atoms with Crippen molar-refractivity contribution in [1.82, 2.24) is 15.1 Å². The second-order valence-electron chi connectivity index (χ2n) is 20.9. The molecule has 12 rings (SSSR count). The van der Waals surface area contributed by atoms with E-state index in [1.54, 1.807) is 36.4 Å². The van der Waals surface area contributed by atoms with Crippen molar-refractivity contribution in [2.24, 2.45) is 16.0 Å². The topological polar surface area (TPSA) is 201 Å². The minimum atomic E-state index is -1.12. The summed E-state index contributed by atoms with van der Waals surface area (Å²) >= 11 is 0. The van der Waals surface area contributed by atoms with E-state index in [4.69, 9.17) is 30.0 Å². The molecule has 2 aliphatic carbocycles. The van der Waals surface area contributed by atoms with Crippen LogP contribution in [0.25, 0.3) is 22.3 Å². The number of hydrogen-bond acceptors (Lipinski definition) is 13. The number of aliphatic carboxylic acids is 1. The number of rotatable bonds is 17. The number of ether oxygens (including phenoxy) is 2. The van der Waals surface area contributed by atoms with Crippen molar-refractivity contribution >= 4 is 23.3 Å². The summed E-state index contributed by atoms with van der Waals surface area (Å²) in [6.07, 6.45) is 8.38. The molecule has 6 N–H and O–H groups in total. The number of oxime groups is 2. The van der Waals surface area contributed by atoms with Crippen molar-refractivity contribution in [2.75, 3.05) is 39.3 Å². The number of aliphatic hydroxyl groups is 2. The average Bonchev–Trinajstić information content (AvgIpc) is 4.36. The summed E-state index contributed by atoms with van der Waals surface area (Å²) in [6.45, 7) is 5.83. The fourth-order valence-electron chi connectivity index (χ4n) is 10.1. The summed E-state index contributed by atoms with van der Waals surface area (Å²) < 4.78 is 37.8. The van der Waals surface area contributed by atoms with Crippen molar-refractivity contribution in [1.29, 1.82) is 0 Å². The highest BCUT2D eigenvalue weighted by atomic mass is 19.1. The Morgan fingerprint density at radius 3 is 1.45 bits per heavy atom. The minimum Gasteiger partial charge on any atom is -0.490 e. The lowest BCUT2D eigenvalue weighted by molar-refractivity contribution is -0.129. The molecular formula is C62H67F3N6O9. The van der Waals surface area contributed by atoms with Crippen LogP contribution in [0.3, 0.4) is 0 Å². The monoisotopic (exact) mass is 1100 g/mol. The predicted octanol–water partition coefficient (Wildman–Crippen LogP) is 9.23. The van der Waals surface area contributed by atoms with Crippen molar-refractivity contribution in [3.05, 3.63) is 178 Å². The summed E-state index contributed by atoms with van der Waals surface area (Å²) in [5.74, 6) is -0.437. The first kappa shape index (κ1) is 57.1. The van der Waals surface area contributed by atoms with E-state index in [0.717, 1.165) is 122 Å². The number of nitrogens with zero attached hydrogens (tertiary/aromatic N) is 4. The summed E-state index contributed by atoms with van der Waals surface area (Å²) in [5, 5.41) is 41.5. The van der Waals surface area contributed by atoms with E-state index >= 15 is 0 Å². The van der Waals surface area contributed by atoms with Gasteiger partial charge in [-0.15, -0.1) is 0 Å². The lowest BCUT2D eigenvalue weighted by atomic mass is 9.95. The van der Waals surface area contributed by atoms with Gasteiger partial charge in [0.1, 0.15) is 42.5 Å². The Hall–Kier alpha value is -7.61. The van der Waals surface area contributed by atoms with E-state index in [-0.39, 0.29) is 47.0 Å². The third-order valence-corrected chi connectivity index (χ3v) is 14.8. The van der Waals surface area contributed by atoms with Gasteiger partial charge in [0.25, 0.3) is 5.91 Å². The van der Waals surface area contributed by atoms with Crippen LogP contribution in [0.5, 0.6) is 11.5 Å². The standard InChI is InChI=1S/C31H32FN3O4.C16H24N2O2.C15H10FNO3.FH/c32-24-8-3-20(4-9-24)22-7-14-27-23(17-22)19-38-34-29(27)31(37)33-28(18-35-15-1-2-16-35)30(36)21-5-10-25(11-6-21)39-26-12-13-26;17-15(11-18-9-1-2-10-18)16(19)12-3-5-13(6-4-12)20-14-7-8-14;16-12-4-1-9(2-5-12)10-3-6-13-11(7-10)8-20-17-14(13)15(18)19;/h3-11,14,17,26,28,30,36H,1-2,12-13,15-16,18-19H2,(H,33,37);3-6,14-16,19H,1-2,7-11,17H2;1-7H,8H2,(H,18,19);1H/t28-,30-;15-,16-;;/m11../s1. The van der Waals surface area contributed by atoms with Gasteiger partial charge in [-0.05, 0) is 172 Å². The molecule has 80 heavy (non-hydrogen) atoms. The molecule has 420 valence electrons. The van der Waals surface area contributed by atoms with Gasteiger partial charge >= 0.3 is 5.97 Å². The molecule has 4 aliphatic heterocycles. The number of carbonyl (C=O) groups excluding carboxylic acids is 1. The Balaban J connectivity index is 0.000000159. The largest absolute Gasteiger partial charge is 0.490 e. The average molecular weight is 1100 g/mol. The highest BCUT2D eigenvalue weighted by Crippen LogP contribution is 2.32. The van der Waals surface area contributed by atoms with Crippen molar-refractivity contribution in [2.45, 2.75) is 101 Å². The van der Waals surface area contributed by atoms with Crippen LogP contribution in [-0.2, 0) is 32.5 Å². The van der Waals surface area contributed by atoms with E-state index in [1.807, 2.05) is 72.8 Å². The van der Waals surface area contributed by atoms with Gasteiger partial charge in [-0.1, -0.05) is 83.1 Å². The second kappa shape index (κ2) is 26.6. The van der Waals surface area contributed by atoms with Gasteiger partial charge in [-0.2, -0.15) is 0 Å². The molecule has 2 saturated carbocycles. The van der Waals surface area contributed by atoms with E-state index in [1.165, 1.54) is 37.1 Å². The zero-order valence-electron chi connectivity index (χ0n) is 44.3. The van der Waals surface area contributed by atoms with Gasteiger partial charge in [0.05, 0.1) is 24.4 Å². The second-order valence-corrected chi connectivity index (χ2v) is 20.9. The molecule has 6 aromatic carbocycles. The molecule has 0 radical (unpaired) electrons. The molecule has 1 amide bonds. The minimum absolute atomic E-state index is 0. The maximum Gasteiger partial charge on any atom is 0.358 e. The predicted molar refractivity (Wildman–Crippen MR) is 298 cm³/mol. The van der Waals surface area contributed by atoms with Gasteiger partial charge < -0.3 is 55.3 Å². The van der Waals surface area contributed by atoms with E-state index in [9.17, 15) is 28.6 Å². The Morgan fingerprint density at radius 1 is 0.588 bits per heavy atom. The van der Waals surface area contributed by atoms with Crippen LogP contribution in [0.15, 0.2) is 144 Å². The van der Waals surface area contributed by atoms with Crippen molar-refractivity contribution in [3.8, 4) is 33.8 Å². The van der Waals surface area contributed by atoms with Crippen molar-refractivity contribution < 1.29 is 57.5 Å². The number of nitrogens with two attached hydrogens (primary N) is 1. The normalized spacial score (nSPS) is 18.0. The summed E-state index contributed by atoms with van der Waals surface area (Å²) in [6, 6.07) is 37.8. The molecule has 0 aromatic heterocycles. The molecule has 2 saturated heterocycles. The van der Waals surface area contributed by atoms with Crippen LogP contribution >= 0.6 is 0 Å². The van der Waals surface area contributed by atoms with Gasteiger partial charge in [0, 0.05) is 41.4 Å². The lowest BCUT2D eigenvalue weighted by Gasteiger charge is -2.29. The van der Waals surface area contributed by atoms with E-state index < -0.39 is 30.1 Å². The van der Waals surface area contributed by atoms with Gasteiger partial charge in [-0.3, -0.25) is 9.50 Å². The van der Waals surface area contributed by atoms with Gasteiger partial charge in [-0.25, -0.2) is 13.6 Å². The fraction of sp³-hybridized carbons (Fsp3) is 0.355. The Kier molecular flexibility index (Phi) is 19.0. The number of nitrogens with one attached hydrogen (secondary N) is 1. The number of benzene rings is 6. The van der Waals surface area contributed by atoms with Crippen LogP contribution in [0.4, 0.5) is 13.5 Å². The number of carbonyl (C=O) groups is 2. The maximum absolute atomic E-state index is 13.5. The first-order valence-corrected chi connectivity index (χ1v) is 27.2. The molecule has 6 aliphatic rings. The number of aliphatic hydroxyl groups excluding tert-OH is 2. The van der Waals surface area contributed by atoms with Gasteiger partial charge in [0.2, 0.25) is 0 Å². The molecule has 18 heteroatoms. The molecular weight excluding hydrogens is 1030 g/mol. The Morgan fingerprint density at radius 2 is 1.00 bits per heavy atom. The molecule has 4 fully saturated rings. The van der Waals surface area contributed by atoms with E-state index in [0.29, 0.717) is 35.4 Å². The third-order valence-electron chi connectivity index (χ3n) is 14.8. The molecule has 0 bridgehead atoms. The van der Waals surface area contributed by atoms with Crippen LogP contribution in [0.2, 0.25) is 0 Å². The number of carboxylic acids is 1. The Bertz CT molecular complexity index is 3110. The maximum atomic E-state index is 13.5. The van der Waals surface area contributed by atoms with Crippen LogP contribution in [0.1, 0.15) is 97.0 Å². The zero-order chi connectivity index (χ0) is 54.8. The van der Waals surface area contributed by atoms with E-state index in [2.05, 4.69) is 25.4 Å². The summed E-state index contributed by atoms with van der Waals surface area (Å²) in [5.41, 5.74) is 14.1. The Labute approximate surface area is 463 Å². The first-order valence-electron chi connectivity index (χ1n) is 27.2. The molecule has 15 nitrogen and oxygen atoms in total. The molecule has 0 unspecified atom stereocenters. The molecule has 4 atom stereocenters. The lowest BCUT2D eigenvalue weighted by Crippen LogP contribution is -2.49. The summed E-state index contributed by atoms with van der Waals surface area (Å²) in [4.78, 5) is 39.6. The van der Waals surface area contributed by atoms with Crippen LogP contribution in [0, 0.1) is 11.6 Å². The summed E-state index contributed by atoms with van der Waals surface area (Å²) in [7, 11) is 0. The molecule has 4 heterocycles. The smallest absolute Gasteiger partial charge is 0.358 e. The number of halogens is 3. The molecule has 6 aromatic rings. The van der Waals surface area contributed by atoms with Crippen molar-refractivity contribution in [3.63, 3.8) is 0 Å². The number of amides is 1. The third kappa shape index (κ3) is 15.0. The SMILES string of the molecule is F.N[C@H](CN1CCCC1)[C@H](O)c1ccc(OC2CC2)cc1.O=C(N[C@H](CN1CCCC1)[C@H](O)c1ccc(OC2CC2)cc1)C1=NOCc2cc(-c3ccc(F)cc3)ccc21.O=C(O)C1=NOCc2cc(-c3ccc(F)cc3)ccc21. The highest BCUT2D eigenvalue weighted by Gasteiger charge is 2.32. The van der Waals surface area contributed by atoms with Crippen LogP contribution in [-0.4, -0.2) is 112 Å².